The fraction of sp³-hybridized carbons (Fsp3) is 0.970. The van der Waals surface area contributed by atoms with Crippen molar-refractivity contribution in [2.75, 3.05) is 6.61 Å². The van der Waals surface area contributed by atoms with E-state index in [1.807, 2.05) is 6.92 Å². The van der Waals surface area contributed by atoms with E-state index in [-0.39, 0.29) is 18.8 Å². The first-order valence-electron chi connectivity index (χ1n) is 18.5. The molecule has 10 nitrogen and oxygen atoms in total. The first-order valence-corrected chi connectivity index (χ1v) is 42.3. The van der Waals surface area contributed by atoms with Crippen molar-refractivity contribution in [2.24, 2.45) is 0 Å². The Morgan fingerprint density at radius 1 is 0.520 bits per heavy atom. The summed E-state index contributed by atoms with van der Waals surface area (Å²) in [4.78, 5) is 13.1. The predicted octanol–water partition coefficient (Wildman–Crippen LogP) is 8.49. The summed E-state index contributed by atoms with van der Waals surface area (Å²) in [5, 5.41) is 0. The van der Waals surface area contributed by atoms with Crippen molar-refractivity contribution in [3.8, 4) is 0 Å². The predicted molar refractivity (Wildman–Crippen MR) is 224 cm³/mol. The minimum absolute atomic E-state index is 0.284. The van der Waals surface area contributed by atoms with Crippen LogP contribution in [0.3, 0.4) is 0 Å². The molecule has 0 spiro atoms. The molecule has 1 saturated heterocycles. The summed E-state index contributed by atoms with van der Waals surface area (Å²) in [6.45, 7) is 47.5. The van der Waals surface area contributed by atoms with Gasteiger partial charge in [-0.25, -0.2) is 0 Å². The van der Waals surface area contributed by atoms with Gasteiger partial charge in [0.1, 0.15) is 36.8 Å². The van der Waals surface area contributed by atoms with Crippen LogP contribution in [0.4, 0.5) is 0 Å². The molecule has 17 heteroatoms. The van der Waals surface area contributed by atoms with Crippen LogP contribution in [0.15, 0.2) is 0 Å². The Hall–Kier alpha value is 0.828. The van der Waals surface area contributed by atoms with E-state index in [4.69, 9.17) is 40.5 Å². The highest BCUT2D eigenvalue weighted by atomic mass is 28.4. The van der Waals surface area contributed by atoms with Crippen LogP contribution in [-0.4, -0.2) is 126 Å². The van der Waals surface area contributed by atoms with Gasteiger partial charge in [-0.15, -0.1) is 0 Å². The Morgan fingerprint density at radius 2 is 0.940 bits per heavy atom. The van der Waals surface area contributed by atoms with Crippen molar-refractivity contribution in [1.29, 1.82) is 0 Å². The molecule has 0 aromatic heterocycles. The number of carbonyl (C=O) groups excluding carboxylic acids is 1. The van der Waals surface area contributed by atoms with E-state index in [0.717, 1.165) is 6.29 Å². The Balaban J connectivity index is 4.11. The quantitative estimate of drug-likeness (QED) is 0.0828. The Labute approximate surface area is 314 Å². The number of hydrogen-bond donors (Lipinski definition) is 0. The fourth-order valence-electron chi connectivity index (χ4n) is 5.55. The second-order valence-electron chi connectivity index (χ2n) is 20.6. The van der Waals surface area contributed by atoms with E-state index >= 15 is 0 Å². The van der Waals surface area contributed by atoms with Gasteiger partial charge in [0.05, 0.1) is 24.9 Å². The SMILES string of the molecule is C[C@H]1OC(OC(C(CO[Si](C)(C)C)O[Si](C)(C)C)C(O[Si](C)(C)C)C(C=O)O[Si](C)(C)C)[C@H](O[Si](C)(C)C)[C@@H](O[Si](C)(C)C)[C@@H]1O[Si](C)(C)C. The summed E-state index contributed by atoms with van der Waals surface area (Å²) in [6.07, 6.45) is -4.74. The minimum atomic E-state index is -2.30. The smallest absolute Gasteiger partial charge is 0.186 e. The third-order valence-electron chi connectivity index (χ3n) is 6.80. The third kappa shape index (κ3) is 19.9. The van der Waals surface area contributed by atoms with Crippen LogP contribution in [0.5, 0.6) is 0 Å². The van der Waals surface area contributed by atoms with Gasteiger partial charge in [-0.3, -0.25) is 0 Å². The van der Waals surface area contributed by atoms with Crippen molar-refractivity contribution in [2.45, 2.75) is 200 Å². The highest BCUT2D eigenvalue weighted by Gasteiger charge is 2.53. The molecule has 1 heterocycles. The van der Waals surface area contributed by atoms with E-state index in [0.29, 0.717) is 0 Å². The summed E-state index contributed by atoms with van der Waals surface area (Å²) in [5.74, 6) is 0. The lowest BCUT2D eigenvalue weighted by Gasteiger charge is -2.51. The highest BCUT2D eigenvalue weighted by Crippen LogP contribution is 2.36. The fourth-order valence-corrected chi connectivity index (χ4v) is 12.7. The summed E-state index contributed by atoms with van der Waals surface area (Å²) >= 11 is 0. The third-order valence-corrected chi connectivity index (χ3v) is 13.7. The first kappa shape index (κ1) is 48.8. The van der Waals surface area contributed by atoms with Crippen LogP contribution < -0.4 is 0 Å². The van der Waals surface area contributed by atoms with Crippen LogP contribution in [0.25, 0.3) is 0 Å². The van der Waals surface area contributed by atoms with Gasteiger partial charge in [-0.2, -0.15) is 0 Å². The van der Waals surface area contributed by atoms with Crippen molar-refractivity contribution >= 4 is 64.5 Å². The van der Waals surface area contributed by atoms with Gasteiger partial charge in [0, 0.05) is 0 Å². The first-order chi connectivity index (χ1) is 22.0. The van der Waals surface area contributed by atoms with Crippen LogP contribution in [0.1, 0.15) is 6.92 Å². The lowest BCUT2D eigenvalue weighted by Crippen LogP contribution is -2.67. The molecular weight excluding hydrogens is 753 g/mol. The molecule has 0 aromatic rings. The monoisotopic (exact) mass is 830 g/mol. The molecule has 1 fully saturated rings. The minimum Gasteiger partial charge on any atom is -0.415 e. The van der Waals surface area contributed by atoms with E-state index in [2.05, 4.69) is 137 Å². The molecule has 9 atom stereocenters. The molecule has 1 aliphatic heterocycles. The molecule has 0 amide bonds. The van der Waals surface area contributed by atoms with Crippen LogP contribution in [0, 0.1) is 0 Å². The molecule has 0 radical (unpaired) electrons. The van der Waals surface area contributed by atoms with Gasteiger partial charge in [0.15, 0.2) is 64.5 Å². The molecule has 1 aliphatic rings. The lowest BCUT2D eigenvalue weighted by atomic mass is 9.99. The lowest BCUT2D eigenvalue weighted by molar-refractivity contribution is -0.310. The van der Waals surface area contributed by atoms with Crippen molar-refractivity contribution in [3.05, 3.63) is 0 Å². The molecule has 0 N–H and O–H groups in total. The van der Waals surface area contributed by atoms with E-state index in [9.17, 15) is 4.79 Å². The normalized spacial score (nSPS) is 26.0. The van der Waals surface area contributed by atoms with Gasteiger partial charge in [-0.1, -0.05) is 0 Å². The van der Waals surface area contributed by atoms with Gasteiger partial charge in [0.25, 0.3) is 0 Å². The maximum Gasteiger partial charge on any atom is 0.186 e. The van der Waals surface area contributed by atoms with Crippen LogP contribution in [-0.2, 0) is 45.3 Å². The standard InChI is InChI=1S/C33H78O10Si7/c1-25-28(40-47(11,12)13)31(42-49(17,18)19)32(43-50(20,21)22)33(36-25)37-29(27(39-46(8,9)10)24-35-44(2,3)4)30(41-48(14,15)16)26(23-34)38-45(5,6)7/h23,25-33H,24H2,1-22H3/t25-,26?,27?,28-,29?,30?,31+,32-,33?/m1/s1. The van der Waals surface area contributed by atoms with Gasteiger partial charge < -0.3 is 45.3 Å². The van der Waals surface area contributed by atoms with E-state index in [1.54, 1.807) is 0 Å². The average molecular weight is 832 g/mol. The number of rotatable bonds is 21. The van der Waals surface area contributed by atoms with E-state index < -0.39 is 101 Å². The topological polar surface area (TPSA) is 100 Å². The van der Waals surface area contributed by atoms with Crippen molar-refractivity contribution in [1.82, 2.24) is 0 Å². The van der Waals surface area contributed by atoms with Gasteiger partial charge >= 0.3 is 0 Å². The van der Waals surface area contributed by atoms with E-state index in [1.165, 1.54) is 0 Å². The average Bonchev–Trinajstić information content (AvgIpc) is 2.82. The molecule has 0 aromatic carbocycles. The number of hydrogen-bond acceptors (Lipinski definition) is 10. The summed E-state index contributed by atoms with van der Waals surface area (Å²) in [7, 11) is -15.1. The second-order valence-corrected chi connectivity index (χ2v) is 51.9. The van der Waals surface area contributed by atoms with Crippen molar-refractivity contribution in [3.63, 3.8) is 0 Å². The Morgan fingerprint density at radius 3 is 1.32 bits per heavy atom. The molecule has 5 unspecified atom stereocenters. The Bertz CT molecular complexity index is 1040. The number of aldehydes is 1. The molecule has 298 valence electrons. The van der Waals surface area contributed by atoms with Gasteiger partial charge in [-0.05, 0) is 144 Å². The van der Waals surface area contributed by atoms with Gasteiger partial charge in [0.2, 0.25) is 0 Å². The number of carbonyl (C=O) groups is 1. The molecule has 50 heavy (non-hydrogen) atoms. The molecule has 0 saturated carbocycles. The summed E-state index contributed by atoms with van der Waals surface area (Å²) in [6, 6.07) is 0. The summed E-state index contributed by atoms with van der Waals surface area (Å²) < 4.78 is 62.1. The summed E-state index contributed by atoms with van der Waals surface area (Å²) in [5.41, 5.74) is 0. The molecule has 1 rings (SSSR count). The maximum atomic E-state index is 13.1. The highest BCUT2D eigenvalue weighted by molar-refractivity contribution is 6.72. The second kappa shape index (κ2) is 18.2. The van der Waals surface area contributed by atoms with Crippen molar-refractivity contribution < 1.29 is 45.3 Å². The zero-order chi connectivity index (χ0) is 39.5. The van der Waals surface area contributed by atoms with Crippen LogP contribution >= 0.6 is 0 Å². The zero-order valence-electron chi connectivity index (χ0n) is 36.1. The Kier molecular flexibility index (Phi) is 17.8. The molecule has 0 bridgehead atoms. The molecule has 0 aliphatic carbocycles. The van der Waals surface area contributed by atoms with Crippen LogP contribution in [0.2, 0.25) is 137 Å². The number of ether oxygens (including phenoxy) is 2. The maximum absolute atomic E-state index is 13.1. The molecular formula is C33H78O10Si7. The largest absolute Gasteiger partial charge is 0.415 e. The zero-order valence-corrected chi connectivity index (χ0v) is 43.1.